The Bertz CT molecular complexity index is 408. The molecule has 1 saturated heterocycles. The van der Waals surface area contributed by atoms with Crippen molar-refractivity contribution in [1.29, 1.82) is 0 Å². The third kappa shape index (κ3) is 4.45. The van der Waals surface area contributed by atoms with Crippen LogP contribution >= 0.6 is 0 Å². The van der Waals surface area contributed by atoms with Crippen molar-refractivity contribution in [2.45, 2.75) is 97.8 Å². The Labute approximate surface area is 140 Å². The molecule has 0 spiro atoms. The fraction of sp³-hybridized carbons (Fsp3) is 0.941. The maximum atomic E-state index is 12.4. The number of carbonyl (C=O) groups is 1. The molecule has 1 amide bonds. The molecule has 130 valence electrons. The molecule has 2 atom stereocenters. The third-order valence-electron chi connectivity index (χ3n) is 5.11. The molecule has 1 rings (SSSR count). The Kier molecular flexibility index (Phi) is 5.79. The second-order valence-electron chi connectivity index (χ2n) is 9.83. The van der Waals surface area contributed by atoms with Gasteiger partial charge in [0.05, 0.1) is 12.1 Å². The Morgan fingerprint density at radius 2 is 1.73 bits per heavy atom. The molecule has 0 aromatic carbocycles. The smallest absolute Gasteiger partial charge is 0.217 e. The molecule has 3 nitrogen and oxygen atoms in total. The fourth-order valence-corrected chi connectivity index (χ4v) is 6.56. The first-order valence-electron chi connectivity index (χ1n) is 8.64. The van der Waals surface area contributed by atoms with Crippen LogP contribution in [0.1, 0.15) is 54.4 Å². The maximum Gasteiger partial charge on any atom is 0.217 e. The monoisotopic (exact) mass is 343 g/mol. The molecular formula is C17H37NO2Si2. The second-order valence-corrected chi connectivity index (χ2v) is 17.3. The van der Waals surface area contributed by atoms with Gasteiger partial charge in [0.2, 0.25) is 5.91 Å². The maximum absolute atomic E-state index is 12.4. The van der Waals surface area contributed by atoms with Crippen LogP contribution in [-0.2, 0) is 9.22 Å². The molecular weight excluding hydrogens is 306 g/mol. The summed E-state index contributed by atoms with van der Waals surface area (Å²) in [5, 5.41) is 0.183. The van der Waals surface area contributed by atoms with Crippen molar-refractivity contribution >= 4 is 23.2 Å². The van der Waals surface area contributed by atoms with E-state index in [0.717, 1.165) is 6.42 Å². The quantitative estimate of drug-likeness (QED) is 0.547. The van der Waals surface area contributed by atoms with Gasteiger partial charge in [-0.1, -0.05) is 54.6 Å². The van der Waals surface area contributed by atoms with Crippen LogP contribution in [0.3, 0.4) is 0 Å². The molecule has 0 aliphatic carbocycles. The molecule has 1 aliphatic rings. The standard InChI is InChI=1S/C17H37NO2Si2/c1-16(2,3)12-14(20-21(7)8)13-11-15(19)18(13)22(9,10)17(4,5)6/h13-14,21H,11-12H2,1-10H3/t13-,14?/m1/s1. The molecule has 1 heterocycles. The third-order valence-corrected chi connectivity index (χ3v) is 11.5. The van der Waals surface area contributed by atoms with E-state index in [9.17, 15) is 4.79 Å². The van der Waals surface area contributed by atoms with E-state index >= 15 is 0 Å². The number of carbonyl (C=O) groups excluding carboxylic acids is 1. The predicted molar refractivity (Wildman–Crippen MR) is 100 cm³/mol. The van der Waals surface area contributed by atoms with E-state index < -0.39 is 17.3 Å². The lowest BCUT2D eigenvalue weighted by Crippen LogP contribution is -2.71. The summed E-state index contributed by atoms with van der Waals surface area (Å²) in [7, 11) is -2.94. The average molecular weight is 344 g/mol. The first-order valence-corrected chi connectivity index (χ1v) is 14.4. The van der Waals surface area contributed by atoms with Crippen LogP contribution < -0.4 is 0 Å². The largest absolute Gasteiger partial charge is 0.416 e. The van der Waals surface area contributed by atoms with Crippen LogP contribution in [-0.4, -0.2) is 39.9 Å². The van der Waals surface area contributed by atoms with Gasteiger partial charge in [-0.05, 0) is 30.0 Å². The Hall–Kier alpha value is -0.136. The van der Waals surface area contributed by atoms with Crippen LogP contribution in [0, 0.1) is 5.41 Å². The summed E-state index contributed by atoms with van der Waals surface area (Å²) in [5.74, 6) is 0.338. The summed E-state index contributed by atoms with van der Waals surface area (Å²) < 4.78 is 8.63. The summed E-state index contributed by atoms with van der Waals surface area (Å²) in [6.45, 7) is 22.7. The molecule has 1 fully saturated rings. The minimum Gasteiger partial charge on any atom is -0.416 e. The number of amides is 1. The molecule has 1 aliphatic heterocycles. The van der Waals surface area contributed by atoms with Crippen molar-refractivity contribution in [3.8, 4) is 0 Å². The SMILES string of the molecule is C[SiH](C)OC(CC(C)(C)C)[C@H]1CC(=O)N1[Si](C)(C)C(C)(C)C. The van der Waals surface area contributed by atoms with Crippen LogP contribution in [0.2, 0.25) is 31.2 Å². The van der Waals surface area contributed by atoms with E-state index in [4.69, 9.17) is 4.43 Å². The summed E-state index contributed by atoms with van der Waals surface area (Å²) >= 11 is 0. The van der Waals surface area contributed by atoms with Gasteiger partial charge in [-0.3, -0.25) is 4.79 Å². The van der Waals surface area contributed by atoms with Crippen molar-refractivity contribution in [2.75, 3.05) is 0 Å². The molecule has 0 radical (unpaired) electrons. The van der Waals surface area contributed by atoms with E-state index in [1.807, 2.05) is 0 Å². The fourth-order valence-electron chi connectivity index (χ4n) is 3.05. The average Bonchev–Trinajstić information content (AvgIpc) is 2.19. The highest BCUT2D eigenvalue weighted by Crippen LogP contribution is 2.45. The number of nitrogens with zero attached hydrogens (tertiary/aromatic N) is 1. The molecule has 0 aromatic heterocycles. The molecule has 1 unspecified atom stereocenters. The van der Waals surface area contributed by atoms with E-state index in [-0.39, 0.29) is 16.6 Å². The first-order chi connectivity index (χ1) is 9.67. The van der Waals surface area contributed by atoms with Crippen LogP contribution in [0.5, 0.6) is 0 Å². The lowest BCUT2D eigenvalue weighted by molar-refractivity contribution is -0.144. The van der Waals surface area contributed by atoms with Gasteiger partial charge in [-0.2, -0.15) is 0 Å². The molecule has 0 N–H and O–H groups in total. The topological polar surface area (TPSA) is 29.5 Å². The van der Waals surface area contributed by atoms with Crippen LogP contribution in [0.25, 0.3) is 0 Å². The highest BCUT2D eigenvalue weighted by molar-refractivity contribution is 6.80. The van der Waals surface area contributed by atoms with E-state index in [2.05, 4.69) is 72.3 Å². The normalized spacial score (nSPS) is 22.0. The summed E-state index contributed by atoms with van der Waals surface area (Å²) in [5.41, 5.74) is 0.228. The van der Waals surface area contributed by atoms with Gasteiger partial charge in [0.25, 0.3) is 0 Å². The van der Waals surface area contributed by atoms with Gasteiger partial charge in [0, 0.05) is 6.42 Å². The van der Waals surface area contributed by atoms with E-state index in [0.29, 0.717) is 18.4 Å². The van der Waals surface area contributed by atoms with Gasteiger partial charge in [-0.15, -0.1) is 0 Å². The van der Waals surface area contributed by atoms with Crippen molar-refractivity contribution < 1.29 is 9.22 Å². The minimum absolute atomic E-state index is 0.183. The van der Waals surface area contributed by atoms with E-state index in [1.165, 1.54) is 0 Å². The van der Waals surface area contributed by atoms with Crippen LogP contribution in [0.15, 0.2) is 0 Å². The van der Waals surface area contributed by atoms with Gasteiger partial charge < -0.3 is 8.99 Å². The lowest BCUT2D eigenvalue weighted by atomic mass is 9.84. The Morgan fingerprint density at radius 3 is 2.05 bits per heavy atom. The summed E-state index contributed by atoms with van der Waals surface area (Å²) in [6, 6.07) is 0.294. The Morgan fingerprint density at radius 1 is 1.23 bits per heavy atom. The van der Waals surface area contributed by atoms with Gasteiger partial charge in [0.15, 0.2) is 17.3 Å². The second kappa shape index (κ2) is 6.40. The minimum atomic E-state index is -1.82. The highest BCUT2D eigenvalue weighted by atomic mass is 28.3. The summed E-state index contributed by atoms with van der Waals surface area (Å²) in [4.78, 5) is 12.4. The molecule has 0 saturated carbocycles. The van der Waals surface area contributed by atoms with E-state index in [1.54, 1.807) is 0 Å². The molecule has 0 aromatic rings. The number of β-lactam (4-membered cyclic amide) rings is 1. The van der Waals surface area contributed by atoms with Crippen LogP contribution in [0.4, 0.5) is 0 Å². The van der Waals surface area contributed by atoms with Gasteiger partial charge in [-0.25, -0.2) is 0 Å². The zero-order valence-corrected chi connectivity index (χ0v) is 18.6. The van der Waals surface area contributed by atoms with Gasteiger partial charge in [0.1, 0.15) is 0 Å². The van der Waals surface area contributed by atoms with Crippen molar-refractivity contribution in [3.63, 3.8) is 0 Å². The number of hydrogen-bond acceptors (Lipinski definition) is 2. The predicted octanol–water partition coefficient (Wildman–Crippen LogP) is 4.40. The number of hydrogen-bond donors (Lipinski definition) is 0. The molecule has 22 heavy (non-hydrogen) atoms. The summed E-state index contributed by atoms with van der Waals surface area (Å²) in [6.07, 6.45) is 1.91. The zero-order valence-electron chi connectivity index (χ0n) is 16.4. The van der Waals surface area contributed by atoms with Crippen molar-refractivity contribution in [2.24, 2.45) is 5.41 Å². The molecule has 0 bridgehead atoms. The van der Waals surface area contributed by atoms with Gasteiger partial charge >= 0.3 is 0 Å². The highest BCUT2D eigenvalue weighted by Gasteiger charge is 2.54. The number of rotatable bonds is 5. The Balaban J connectivity index is 3.02. The first kappa shape index (κ1) is 19.9. The van der Waals surface area contributed by atoms with Crippen molar-refractivity contribution in [3.05, 3.63) is 0 Å². The zero-order chi connectivity index (χ0) is 17.5. The lowest BCUT2D eigenvalue weighted by Gasteiger charge is -2.57. The molecule has 5 heteroatoms. The van der Waals surface area contributed by atoms with Crippen molar-refractivity contribution in [1.82, 2.24) is 4.57 Å².